The SMILES string of the molecule is COc1cc(C)c(-c2c(N)sc3c2CCC3)cc1C. The molecule has 0 fully saturated rings. The maximum Gasteiger partial charge on any atom is 0.122 e. The fourth-order valence-electron chi connectivity index (χ4n) is 3.00. The minimum absolute atomic E-state index is 0.951. The molecule has 2 N–H and O–H groups in total. The van der Waals surface area contributed by atoms with Gasteiger partial charge in [0.15, 0.2) is 0 Å². The number of benzene rings is 1. The number of nitrogens with two attached hydrogens (primary N) is 1. The van der Waals surface area contributed by atoms with Gasteiger partial charge in [-0.1, -0.05) is 0 Å². The number of fused-ring (bicyclic) bond motifs is 1. The molecule has 0 spiro atoms. The van der Waals surface area contributed by atoms with E-state index in [2.05, 4.69) is 26.0 Å². The van der Waals surface area contributed by atoms with E-state index in [1.807, 2.05) is 0 Å². The van der Waals surface area contributed by atoms with Gasteiger partial charge in [-0.05, 0) is 67.5 Å². The Morgan fingerprint density at radius 3 is 2.68 bits per heavy atom. The van der Waals surface area contributed by atoms with E-state index in [9.17, 15) is 0 Å². The maximum atomic E-state index is 6.26. The van der Waals surface area contributed by atoms with E-state index in [-0.39, 0.29) is 0 Å². The quantitative estimate of drug-likeness (QED) is 0.893. The molecule has 2 nitrogen and oxygen atoms in total. The molecular weight excluding hydrogens is 254 g/mol. The van der Waals surface area contributed by atoms with Crippen LogP contribution in [0.3, 0.4) is 0 Å². The summed E-state index contributed by atoms with van der Waals surface area (Å²) in [6, 6.07) is 4.33. The van der Waals surface area contributed by atoms with E-state index in [1.54, 1.807) is 18.4 Å². The lowest BCUT2D eigenvalue weighted by Crippen LogP contribution is -1.94. The second-order valence-electron chi connectivity index (χ2n) is 5.23. The largest absolute Gasteiger partial charge is 0.496 e. The van der Waals surface area contributed by atoms with Crippen molar-refractivity contribution in [2.75, 3.05) is 12.8 Å². The van der Waals surface area contributed by atoms with Crippen molar-refractivity contribution in [3.8, 4) is 16.9 Å². The first kappa shape index (κ1) is 12.5. The highest BCUT2D eigenvalue weighted by molar-refractivity contribution is 7.16. The summed E-state index contributed by atoms with van der Waals surface area (Å²) in [6.45, 7) is 4.22. The van der Waals surface area contributed by atoms with Crippen molar-refractivity contribution in [1.82, 2.24) is 0 Å². The Morgan fingerprint density at radius 2 is 1.95 bits per heavy atom. The second kappa shape index (κ2) is 4.57. The number of nitrogen functional groups attached to an aromatic ring is 1. The number of aryl methyl sites for hydroxylation is 3. The molecule has 100 valence electrons. The molecule has 0 saturated heterocycles. The smallest absolute Gasteiger partial charge is 0.122 e. The molecule has 3 heteroatoms. The van der Waals surface area contributed by atoms with Crippen molar-refractivity contribution in [3.05, 3.63) is 33.7 Å². The van der Waals surface area contributed by atoms with E-state index < -0.39 is 0 Å². The highest BCUT2D eigenvalue weighted by Gasteiger charge is 2.23. The molecule has 1 aliphatic rings. The first-order valence-electron chi connectivity index (χ1n) is 6.67. The summed E-state index contributed by atoms with van der Waals surface area (Å²) < 4.78 is 5.39. The number of thiophene rings is 1. The van der Waals surface area contributed by atoms with Crippen LogP contribution in [-0.4, -0.2) is 7.11 Å². The van der Waals surface area contributed by atoms with E-state index >= 15 is 0 Å². The number of hydrogen-bond donors (Lipinski definition) is 1. The van der Waals surface area contributed by atoms with Gasteiger partial charge >= 0.3 is 0 Å². The summed E-state index contributed by atoms with van der Waals surface area (Å²) in [6.07, 6.45) is 3.63. The van der Waals surface area contributed by atoms with E-state index in [4.69, 9.17) is 10.5 Å². The Hall–Kier alpha value is -1.48. The normalized spacial score (nSPS) is 13.6. The fourth-order valence-corrected chi connectivity index (χ4v) is 4.17. The molecule has 1 aromatic carbocycles. The predicted molar refractivity (Wildman–Crippen MR) is 82.2 cm³/mol. The van der Waals surface area contributed by atoms with Gasteiger partial charge in [0, 0.05) is 10.4 Å². The molecule has 19 heavy (non-hydrogen) atoms. The Kier molecular flexibility index (Phi) is 3.02. The van der Waals surface area contributed by atoms with Crippen LogP contribution in [0.2, 0.25) is 0 Å². The third-order valence-electron chi connectivity index (χ3n) is 3.96. The second-order valence-corrected chi connectivity index (χ2v) is 6.37. The van der Waals surface area contributed by atoms with Gasteiger partial charge in [0.1, 0.15) is 5.75 Å². The van der Waals surface area contributed by atoms with Crippen molar-refractivity contribution < 1.29 is 4.74 Å². The first-order chi connectivity index (χ1) is 9.11. The molecule has 0 unspecified atom stereocenters. The molecule has 1 heterocycles. The van der Waals surface area contributed by atoms with Gasteiger partial charge in [-0.25, -0.2) is 0 Å². The van der Waals surface area contributed by atoms with Crippen LogP contribution in [0.1, 0.15) is 28.0 Å². The summed E-state index contributed by atoms with van der Waals surface area (Å²) in [5.41, 5.74) is 12.7. The van der Waals surface area contributed by atoms with Gasteiger partial charge in [-0.3, -0.25) is 0 Å². The van der Waals surface area contributed by atoms with Gasteiger partial charge in [0.05, 0.1) is 12.1 Å². The van der Waals surface area contributed by atoms with Crippen LogP contribution < -0.4 is 10.5 Å². The molecule has 1 aliphatic carbocycles. The number of rotatable bonds is 2. The first-order valence-corrected chi connectivity index (χ1v) is 7.49. The van der Waals surface area contributed by atoms with Crippen molar-refractivity contribution in [2.45, 2.75) is 33.1 Å². The monoisotopic (exact) mass is 273 g/mol. The highest BCUT2D eigenvalue weighted by Crippen LogP contribution is 2.45. The Balaban J connectivity index is 2.20. The van der Waals surface area contributed by atoms with Gasteiger partial charge in [0.2, 0.25) is 0 Å². The fraction of sp³-hybridized carbons (Fsp3) is 0.375. The standard InChI is InChI=1S/C16H19NOS/c1-9-8-13(18-3)10(2)7-12(9)15-11-5-4-6-14(11)19-16(15)17/h7-8H,4-6,17H2,1-3H3. The molecule has 0 radical (unpaired) electrons. The third-order valence-corrected chi connectivity index (χ3v) is 5.08. The number of anilines is 1. The third kappa shape index (κ3) is 1.93. The van der Waals surface area contributed by atoms with Gasteiger partial charge < -0.3 is 10.5 Å². The summed E-state index contributed by atoms with van der Waals surface area (Å²) in [5.74, 6) is 0.951. The Bertz CT molecular complexity index is 643. The van der Waals surface area contributed by atoms with Gasteiger partial charge in [-0.2, -0.15) is 0 Å². The lowest BCUT2D eigenvalue weighted by atomic mass is 9.95. The minimum Gasteiger partial charge on any atom is -0.496 e. The average Bonchev–Trinajstić information content (AvgIpc) is 2.92. The molecule has 0 atom stereocenters. The van der Waals surface area contributed by atoms with E-state index in [0.717, 1.165) is 10.8 Å². The summed E-state index contributed by atoms with van der Waals surface area (Å²) in [4.78, 5) is 1.49. The van der Waals surface area contributed by atoms with Crippen LogP contribution in [0.4, 0.5) is 5.00 Å². The molecule has 2 aromatic rings. The molecule has 1 aromatic heterocycles. The molecule has 0 amide bonds. The van der Waals surface area contributed by atoms with Gasteiger partial charge in [-0.15, -0.1) is 11.3 Å². The van der Waals surface area contributed by atoms with Crippen molar-refractivity contribution in [2.24, 2.45) is 0 Å². The summed E-state index contributed by atoms with van der Waals surface area (Å²) in [5, 5.41) is 0.970. The molecule has 0 bridgehead atoms. The van der Waals surface area contributed by atoms with Crippen molar-refractivity contribution in [1.29, 1.82) is 0 Å². The van der Waals surface area contributed by atoms with E-state index in [1.165, 1.54) is 52.0 Å². The molecule has 0 saturated carbocycles. The molecule has 3 rings (SSSR count). The number of ether oxygens (including phenoxy) is 1. The maximum absolute atomic E-state index is 6.26. The topological polar surface area (TPSA) is 35.2 Å². The highest BCUT2D eigenvalue weighted by atomic mass is 32.1. The van der Waals surface area contributed by atoms with Crippen LogP contribution >= 0.6 is 11.3 Å². The zero-order valence-electron chi connectivity index (χ0n) is 11.7. The zero-order chi connectivity index (χ0) is 13.6. The van der Waals surface area contributed by atoms with Crippen LogP contribution in [0.15, 0.2) is 12.1 Å². The zero-order valence-corrected chi connectivity index (χ0v) is 12.5. The minimum atomic E-state index is 0.951. The lowest BCUT2D eigenvalue weighted by molar-refractivity contribution is 0.411. The van der Waals surface area contributed by atoms with Gasteiger partial charge in [0.25, 0.3) is 0 Å². The predicted octanol–water partition coefficient (Wildman–Crippen LogP) is 4.11. The van der Waals surface area contributed by atoms with Crippen molar-refractivity contribution >= 4 is 16.3 Å². The van der Waals surface area contributed by atoms with E-state index in [0.29, 0.717) is 0 Å². The summed E-state index contributed by atoms with van der Waals surface area (Å²) >= 11 is 1.77. The summed E-state index contributed by atoms with van der Waals surface area (Å²) in [7, 11) is 1.72. The van der Waals surface area contributed by atoms with Crippen LogP contribution in [0, 0.1) is 13.8 Å². The van der Waals surface area contributed by atoms with Crippen LogP contribution in [-0.2, 0) is 12.8 Å². The molecular formula is C16H19NOS. The number of hydrogen-bond acceptors (Lipinski definition) is 3. The van der Waals surface area contributed by atoms with Crippen LogP contribution in [0.25, 0.3) is 11.1 Å². The van der Waals surface area contributed by atoms with Crippen LogP contribution in [0.5, 0.6) is 5.75 Å². The van der Waals surface area contributed by atoms with Crippen molar-refractivity contribution in [3.63, 3.8) is 0 Å². The average molecular weight is 273 g/mol. The Labute approximate surface area is 118 Å². The number of methoxy groups -OCH3 is 1. The Morgan fingerprint density at radius 1 is 1.16 bits per heavy atom. The lowest BCUT2D eigenvalue weighted by Gasteiger charge is -2.12. The molecule has 0 aliphatic heterocycles.